The lowest BCUT2D eigenvalue weighted by Gasteiger charge is -2.18. The summed E-state index contributed by atoms with van der Waals surface area (Å²) in [6, 6.07) is 0. The van der Waals surface area contributed by atoms with Gasteiger partial charge in [-0.3, -0.25) is 9.59 Å². The lowest BCUT2D eigenvalue weighted by Crippen LogP contribution is -2.20. The highest BCUT2D eigenvalue weighted by Crippen LogP contribution is 2.24. The Morgan fingerprint density at radius 2 is 0.804 bits per heavy atom. The van der Waals surface area contributed by atoms with E-state index in [0.29, 0.717) is 19.4 Å². The second-order valence-corrected chi connectivity index (χ2v) is 16.3. The van der Waals surface area contributed by atoms with Crippen LogP contribution in [0.4, 0.5) is 0 Å². The Hall–Kier alpha value is -1.10. The first-order valence-corrected chi connectivity index (χ1v) is 22.9. The van der Waals surface area contributed by atoms with Crippen molar-refractivity contribution in [1.82, 2.24) is 4.90 Å². The zero-order valence-corrected chi connectivity index (χ0v) is 35.4. The Balaban J connectivity index is 4.41. The lowest BCUT2D eigenvalue weighted by molar-refractivity contribution is -0.150. The van der Waals surface area contributed by atoms with Crippen molar-refractivity contribution >= 4 is 11.9 Å². The summed E-state index contributed by atoms with van der Waals surface area (Å²) in [6.45, 7) is 8.29. The Morgan fingerprint density at radius 1 is 0.431 bits per heavy atom. The van der Waals surface area contributed by atoms with Crippen LogP contribution in [0.5, 0.6) is 0 Å². The molecule has 0 fully saturated rings. The molecule has 0 bridgehead atoms. The fourth-order valence-corrected chi connectivity index (χ4v) is 7.39. The van der Waals surface area contributed by atoms with Crippen LogP contribution >= 0.6 is 0 Å². The van der Waals surface area contributed by atoms with Gasteiger partial charge in [0.05, 0.1) is 6.61 Å². The number of hydrogen-bond acceptors (Lipinski definition) is 5. The molecule has 0 radical (unpaired) electrons. The number of hydrogen-bond donors (Lipinski definition) is 0. The van der Waals surface area contributed by atoms with Crippen LogP contribution in [0.25, 0.3) is 0 Å². The van der Waals surface area contributed by atoms with Crippen LogP contribution in [-0.4, -0.2) is 50.2 Å². The SMILES string of the molecule is CCCCCCCCCCCCC(CCCCCCCCCCC)CCCOC(=O)CCCCC(CCCCCCC)OC(=O)CCCN(C)C. The van der Waals surface area contributed by atoms with Crippen molar-refractivity contribution in [2.45, 2.75) is 252 Å². The van der Waals surface area contributed by atoms with Gasteiger partial charge in [0.25, 0.3) is 0 Å². The van der Waals surface area contributed by atoms with Gasteiger partial charge in [-0.15, -0.1) is 0 Å². The number of esters is 2. The van der Waals surface area contributed by atoms with Crippen molar-refractivity contribution in [2.75, 3.05) is 27.2 Å². The molecule has 304 valence electrons. The molecule has 2 unspecified atom stereocenters. The number of carbonyl (C=O) groups excluding carboxylic acids is 2. The second kappa shape index (κ2) is 40.1. The van der Waals surface area contributed by atoms with Crippen LogP contribution in [0.3, 0.4) is 0 Å². The molecule has 0 aromatic carbocycles. The maximum atomic E-state index is 12.6. The van der Waals surface area contributed by atoms with Gasteiger partial charge in [0.15, 0.2) is 0 Å². The van der Waals surface area contributed by atoms with Crippen molar-refractivity contribution in [1.29, 1.82) is 0 Å². The molecule has 5 heteroatoms. The molecule has 0 aliphatic rings. The third-order valence-electron chi connectivity index (χ3n) is 10.8. The molecule has 51 heavy (non-hydrogen) atoms. The van der Waals surface area contributed by atoms with Gasteiger partial charge >= 0.3 is 11.9 Å². The minimum absolute atomic E-state index is 0.0206. The molecule has 5 nitrogen and oxygen atoms in total. The zero-order chi connectivity index (χ0) is 37.5. The molecule has 0 aliphatic carbocycles. The molecule has 0 saturated heterocycles. The monoisotopic (exact) mass is 722 g/mol. The van der Waals surface area contributed by atoms with Crippen LogP contribution in [0, 0.1) is 5.92 Å². The largest absolute Gasteiger partial charge is 0.466 e. The maximum Gasteiger partial charge on any atom is 0.306 e. The van der Waals surface area contributed by atoms with Gasteiger partial charge in [0.1, 0.15) is 6.10 Å². The molecule has 2 atom stereocenters. The van der Waals surface area contributed by atoms with E-state index in [1.165, 1.54) is 167 Å². The molecule has 0 N–H and O–H groups in total. The molecule has 0 heterocycles. The topological polar surface area (TPSA) is 55.8 Å². The average molecular weight is 722 g/mol. The van der Waals surface area contributed by atoms with Gasteiger partial charge in [-0.05, 0) is 77.9 Å². The number of carbonyl (C=O) groups is 2. The molecule has 0 spiro atoms. The predicted molar refractivity (Wildman–Crippen MR) is 221 cm³/mol. The fraction of sp³-hybridized carbons (Fsp3) is 0.957. The Morgan fingerprint density at radius 3 is 1.25 bits per heavy atom. The molecular weight excluding hydrogens is 631 g/mol. The lowest BCUT2D eigenvalue weighted by atomic mass is 9.90. The highest BCUT2D eigenvalue weighted by atomic mass is 16.5. The Kier molecular flexibility index (Phi) is 39.2. The van der Waals surface area contributed by atoms with Gasteiger partial charge < -0.3 is 14.4 Å². The Bertz CT molecular complexity index is 726. The highest BCUT2D eigenvalue weighted by Gasteiger charge is 2.15. The van der Waals surface area contributed by atoms with Crippen LogP contribution < -0.4 is 0 Å². The number of unbranched alkanes of at least 4 members (excludes halogenated alkanes) is 22. The van der Waals surface area contributed by atoms with E-state index in [-0.39, 0.29) is 18.0 Å². The molecule has 0 aromatic rings. The van der Waals surface area contributed by atoms with Crippen LogP contribution in [0.1, 0.15) is 245 Å². The van der Waals surface area contributed by atoms with E-state index in [0.717, 1.165) is 57.4 Å². The molecule has 0 aromatic heterocycles. The summed E-state index contributed by atoms with van der Waals surface area (Å²) in [5.41, 5.74) is 0. The summed E-state index contributed by atoms with van der Waals surface area (Å²) in [6.07, 6.45) is 42.7. The van der Waals surface area contributed by atoms with E-state index in [4.69, 9.17) is 9.47 Å². The molecule has 0 rings (SSSR count). The van der Waals surface area contributed by atoms with Crippen molar-refractivity contribution in [3.05, 3.63) is 0 Å². The normalized spacial score (nSPS) is 12.7. The zero-order valence-electron chi connectivity index (χ0n) is 35.4. The smallest absolute Gasteiger partial charge is 0.306 e. The summed E-state index contributed by atoms with van der Waals surface area (Å²) >= 11 is 0. The van der Waals surface area contributed by atoms with E-state index < -0.39 is 0 Å². The van der Waals surface area contributed by atoms with Crippen molar-refractivity contribution in [2.24, 2.45) is 5.92 Å². The average Bonchev–Trinajstić information content (AvgIpc) is 3.11. The third-order valence-corrected chi connectivity index (χ3v) is 10.8. The highest BCUT2D eigenvalue weighted by molar-refractivity contribution is 5.69. The number of ether oxygens (including phenoxy) is 2. The maximum absolute atomic E-state index is 12.6. The minimum atomic E-state index is -0.0703. The summed E-state index contributed by atoms with van der Waals surface area (Å²) in [4.78, 5) is 27.2. The summed E-state index contributed by atoms with van der Waals surface area (Å²) in [5, 5.41) is 0. The summed E-state index contributed by atoms with van der Waals surface area (Å²) in [7, 11) is 4.07. The van der Waals surface area contributed by atoms with E-state index in [1.807, 2.05) is 14.1 Å². The van der Waals surface area contributed by atoms with E-state index in [2.05, 4.69) is 25.7 Å². The molecule has 0 amide bonds. The van der Waals surface area contributed by atoms with Crippen molar-refractivity contribution in [3.8, 4) is 0 Å². The second-order valence-electron chi connectivity index (χ2n) is 16.3. The van der Waals surface area contributed by atoms with E-state index in [1.54, 1.807) is 0 Å². The molecule has 0 aliphatic heterocycles. The summed E-state index contributed by atoms with van der Waals surface area (Å²) in [5.74, 6) is 0.655. The molecular formula is C46H91NO4. The van der Waals surface area contributed by atoms with Gasteiger partial charge in [0.2, 0.25) is 0 Å². The van der Waals surface area contributed by atoms with Crippen molar-refractivity contribution in [3.63, 3.8) is 0 Å². The fourth-order valence-electron chi connectivity index (χ4n) is 7.39. The van der Waals surface area contributed by atoms with E-state index in [9.17, 15) is 9.59 Å². The first kappa shape index (κ1) is 49.9. The number of rotatable bonds is 41. The minimum Gasteiger partial charge on any atom is -0.466 e. The molecule has 0 saturated carbocycles. The van der Waals surface area contributed by atoms with Crippen LogP contribution in [0.15, 0.2) is 0 Å². The Labute approximate surface area is 319 Å². The van der Waals surface area contributed by atoms with Gasteiger partial charge in [-0.25, -0.2) is 0 Å². The summed E-state index contributed by atoms with van der Waals surface area (Å²) < 4.78 is 11.6. The third kappa shape index (κ3) is 38.4. The predicted octanol–water partition coefficient (Wildman–Crippen LogP) is 14.3. The van der Waals surface area contributed by atoms with Gasteiger partial charge in [-0.1, -0.05) is 181 Å². The van der Waals surface area contributed by atoms with Crippen LogP contribution in [-0.2, 0) is 19.1 Å². The van der Waals surface area contributed by atoms with Gasteiger partial charge in [-0.2, -0.15) is 0 Å². The van der Waals surface area contributed by atoms with Crippen molar-refractivity contribution < 1.29 is 19.1 Å². The standard InChI is InChI=1S/C46H91NO4/c1-6-9-12-15-17-19-21-23-26-28-35-43(34-27-25-22-20-18-16-13-10-7-2)36-33-42-50-45(48)39-31-30-38-44(37-29-24-14-11-8-3)51-46(49)40-32-41-47(4)5/h43-44H,6-42H2,1-5H3. The quantitative estimate of drug-likeness (QED) is 0.0465. The first-order chi connectivity index (χ1) is 24.9. The number of nitrogens with zero attached hydrogens (tertiary/aromatic N) is 1. The van der Waals surface area contributed by atoms with Crippen LogP contribution in [0.2, 0.25) is 0 Å². The van der Waals surface area contributed by atoms with Gasteiger partial charge in [0, 0.05) is 12.8 Å². The first-order valence-electron chi connectivity index (χ1n) is 22.9. The van der Waals surface area contributed by atoms with E-state index >= 15 is 0 Å².